The van der Waals surface area contributed by atoms with Crippen molar-refractivity contribution in [2.75, 3.05) is 0 Å². The van der Waals surface area contributed by atoms with Crippen LogP contribution in [0.15, 0.2) is 5.38 Å². The van der Waals surface area contributed by atoms with Crippen LogP contribution in [-0.4, -0.2) is 9.59 Å². The summed E-state index contributed by atoms with van der Waals surface area (Å²) in [6, 6.07) is -0.399. The van der Waals surface area contributed by atoms with Crippen molar-refractivity contribution in [1.82, 2.24) is 9.59 Å². The molecule has 4 heteroatoms. The van der Waals surface area contributed by atoms with Crippen LogP contribution < -0.4 is 5.73 Å². The van der Waals surface area contributed by atoms with Crippen LogP contribution in [0.3, 0.4) is 0 Å². The van der Waals surface area contributed by atoms with Crippen LogP contribution in [0.2, 0.25) is 0 Å². The molecule has 1 atom stereocenters. The Morgan fingerprint density at radius 3 is 3.11 bits per heavy atom. The van der Waals surface area contributed by atoms with Gasteiger partial charge in [-0.3, -0.25) is 0 Å². The van der Waals surface area contributed by atoms with Gasteiger partial charge in [-0.05, 0) is 11.5 Å². The third kappa shape index (κ3) is 1.25. The predicted molar refractivity (Wildman–Crippen MR) is 35.7 cm³/mol. The molecule has 46 valence electrons. The summed E-state index contributed by atoms with van der Waals surface area (Å²) in [4.78, 5) is 0. The first-order chi connectivity index (χ1) is 4.34. The zero-order chi connectivity index (χ0) is 6.69. The Bertz CT molecular complexity index is 211. The lowest BCUT2D eigenvalue weighted by atomic mass is 10.3. The van der Waals surface area contributed by atoms with E-state index in [2.05, 4.69) is 15.5 Å². The molecule has 0 fully saturated rings. The summed E-state index contributed by atoms with van der Waals surface area (Å²) >= 11 is 1.25. The first kappa shape index (κ1) is 6.20. The van der Waals surface area contributed by atoms with Crippen molar-refractivity contribution in [3.8, 4) is 12.3 Å². The molecule has 0 aromatic carbocycles. The molecule has 0 bridgehead atoms. The van der Waals surface area contributed by atoms with Crippen molar-refractivity contribution in [2.45, 2.75) is 6.04 Å². The SMILES string of the molecule is C#CC(N)c1csnn1. The lowest BCUT2D eigenvalue weighted by Gasteiger charge is -1.93. The van der Waals surface area contributed by atoms with Crippen molar-refractivity contribution in [1.29, 1.82) is 0 Å². The second-order valence-electron chi connectivity index (χ2n) is 1.47. The van der Waals surface area contributed by atoms with E-state index >= 15 is 0 Å². The van der Waals surface area contributed by atoms with Gasteiger partial charge >= 0.3 is 0 Å². The number of aromatic nitrogens is 2. The Morgan fingerprint density at radius 1 is 1.89 bits per heavy atom. The molecule has 0 spiro atoms. The zero-order valence-electron chi connectivity index (χ0n) is 4.61. The van der Waals surface area contributed by atoms with Crippen LogP contribution in [0, 0.1) is 12.3 Å². The van der Waals surface area contributed by atoms with E-state index < -0.39 is 6.04 Å². The molecule has 1 aromatic heterocycles. The summed E-state index contributed by atoms with van der Waals surface area (Å²) < 4.78 is 3.61. The van der Waals surface area contributed by atoms with Crippen molar-refractivity contribution in [3.05, 3.63) is 11.1 Å². The molecular formula is C5H5N3S. The van der Waals surface area contributed by atoms with Gasteiger partial charge < -0.3 is 5.73 Å². The number of nitrogens with zero attached hydrogens (tertiary/aromatic N) is 2. The molecule has 3 nitrogen and oxygen atoms in total. The molecule has 1 rings (SSSR count). The molecule has 1 heterocycles. The molecule has 0 saturated heterocycles. The van der Waals surface area contributed by atoms with Gasteiger partial charge in [0.25, 0.3) is 0 Å². The fourth-order valence-corrected chi connectivity index (χ4v) is 0.883. The number of rotatable bonds is 1. The monoisotopic (exact) mass is 139 g/mol. The minimum absolute atomic E-state index is 0.399. The molecule has 0 aliphatic carbocycles. The quantitative estimate of drug-likeness (QED) is 0.564. The van der Waals surface area contributed by atoms with E-state index in [9.17, 15) is 0 Å². The lowest BCUT2D eigenvalue weighted by molar-refractivity contribution is 0.874. The van der Waals surface area contributed by atoms with Gasteiger partial charge in [-0.1, -0.05) is 10.4 Å². The normalized spacial score (nSPS) is 12.4. The van der Waals surface area contributed by atoms with Crippen LogP contribution in [-0.2, 0) is 0 Å². The minimum atomic E-state index is -0.399. The van der Waals surface area contributed by atoms with Gasteiger partial charge in [0.2, 0.25) is 0 Å². The van der Waals surface area contributed by atoms with E-state index in [1.807, 2.05) is 0 Å². The van der Waals surface area contributed by atoms with Crippen molar-refractivity contribution in [3.63, 3.8) is 0 Å². The van der Waals surface area contributed by atoms with E-state index in [1.165, 1.54) is 11.5 Å². The predicted octanol–water partition coefficient (Wildman–Crippen LogP) is 0.171. The van der Waals surface area contributed by atoms with Gasteiger partial charge in [0.1, 0.15) is 11.7 Å². The number of nitrogens with two attached hydrogens (primary N) is 1. The number of hydrogen-bond donors (Lipinski definition) is 1. The molecule has 1 aromatic rings. The third-order valence-electron chi connectivity index (χ3n) is 0.875. The van der Waals surface area contributed by atoms with Crippen molar-refractivity contribution in [2.24, 2.45) is 5.73 Å². The van der Waals surface area contributed by atoms with E-state index in [0.717, 1.165) is 0 Å². The Morgan fingerprint density at radius 2 is 2.67 bits per heavy atom. The largest absolute Gasteiger partial charge is 0.313 e. The molecule has 1 unspecified atom stereocenters. The van der Waals surface area contributed by atoms with Crippen molar-refractivity contribution < 1.29 is 0 Å². The molecule has 0 saturated carbocycles. The Balaban J connectivity index is 2.80. The Labute approximate surface area is 57.1 Å². The highest BCUT2D eigenvalue weighted by Gasteiger charge is 2.02. The summed E-state index contributed by atoms with van der Waals surface area (Å²) in [6.45, 7) is 0. The highest BCUT2D eigenvalue weighted by atomic mass is 32.1. The number of hydrogen-bond acceptors (Lipinski definition) is 4. The van der Waals surface area contributed by atoms with Crippen LogP contribution >= 0.6 is 11.5 Å². The summed E-state index contributed by atoms with van der Waals surface area (Å²) in [5.74, 6) is 2.35. The summed E-state index contributed by atoms with van der Waals surface area (Å²) in [5, 5.41) is 5.43. The molecule has 0 radical (unpaired) electrons. The highest BCUT2D eigenvalue weighted by molar-refractivity contribution is 7.03. The first-order valence-electron chi connectivity index (χ1n) is 2.33. The van der Waals surface area contributed by atoms with Crippen LogP contribution in [0.4, 0.5) is 0 Å². The Hall–Kier alpha value is -0.920. The topological polar surface area (TPSA) is 51.8 Å². The fourth-order valence-electron chi connectivity index (χ4n) is 0.393. The minimum Gasteiger partial charge on any atom is -0.313 e. The maximum Gasteiger partial charge on any atom is 0.112 e. The van der Waals surface area contributed by atoms with Crippen LogP contribution in [0.5, 0.6) is 0 Å². The Kier molecular flexibility index (Phi) is 1.78. The van der Waals surface area contributed by atoms with Gasteiger partial charge in [0, 0.05) is 5.38 Å². The fraction of sp³-hybridized carbons (Fsp3) is 0.200. The molecule has 0 aliphatic heterocycles. The molecule has 0 amide bonds. The van der Waals surface area contributed by atoms with Crippen molar-refractivity contribution >= 4 is 11.5 Å². The zero-order valence-corrected chi connectivity index (χ0v) is 5.43. The number of terminal acetylenes is 1. The van der Waals surface area contributed by atoms with Gasteiger partial charge in [0.05, 0.1) is 0 Å². The summed E-state index contributed by atoms with van der Waals surface area (Å²) in [6.07, 6.45) is 5.03. The molecular weight excluding hydrogens is 134 g/mol. The maximum absolute atomic E-state index is 5.41. The van der Waals surface area contributed by atoms with E-state index in [0.29, 0.717) is 5.69 Å². The standard InChI is InChI=1S/C5H5N3S/c1-2-4(6)5-3-9-8-7-5/h1,3-4H,6H2. The average molecular weight is 139 g/mol. The first-order valence-corrected chi connectivity index (χ1v) is 3.17. The smallest absolute Gasteiger partial charge is 0.112 e. The highest BCUT2D eigenvalue weighted by Crippen LogP contribution is 2.05. The maximum atomic E-state index is 5.41. The van der Waals surface area contributed by atoms with E-state index in [-0.39, 0.29) is 0 Å². The second kappa shape index (κ2) is 2.58. The molecule has 9 heavy (non-hydrogen) atoms. The third-order valence-corrected chi connectivity index (χ3v) is 1.40. The molecule has 0 aliphatic rings. The van der Waals surface area contributed by atoms with Gasteiger partial charge in [0.15, 0.2) is 0 Å². The average Bonchev–Trinajstić information content (AvgIpc) is 2.37. The summed E-state index contributed by atoms with van der Waals surface area (Å²) in [5.41, 5.74) is 6.08. The molecule has 2 N–H and O–H groups in total. The van der Waals surface area contributed by atoms with E-state index in [1.54, 1.807) is 5.38 Å². The van der Waals surface area contributed by atoms with Crippen LogP contribution in [0.25, 0.3) is 0 Å². The van der Waals surface area contributed by atoms with Gasteiger partial charge in [-0.2, -0.15) is 0 Å². The van der Waals surface area contributed by atoms with Gasteiger partial charge in [-0.25, -0.2) is 0 Å². The van der Waals surface area contributed by atoms with Crippen LogP contribution in [0.1, 0.15) is 11.7 Å². The summed E-state index contributed by atoms with van der Waals surface area (Å²) in [7, 11) is 0. The van der Waals surface area contributed by atoms with Gasteiger partial charge in [-0.15, -0.1) is 11.5 Å². The second-order valence-corrected chi connectivity index (χ2v) is 2.08. The van der Waals surface area contributed by atoms with E-state index in [4.69, 9.17) is 12.2 Å². The lowest BCUT2D eigenvalue weighted by Crippen LogP contribution is -2.07.